The second-order valence-corrected chi connectivity index (χ2v) is 8.23. The number of nitrogens with zero attached hydrogens (tertiary/aromatic N) is 1. The standard InChI is InChI=1S/C22H23BrN2O4/c1-13-8-14(2)21(15(3)9-13)24-19(26)12-29-22(28)16-10-20(27)25(11-16)18-6-4-17(23)5-7-18/h4-9,16H,10-12H2,1-3H3,(H,24,26)/t16-/m0/s1. The highest BCUT2D eigenvalue weighted by molar-refractivity contribution is 9.10. The molecule has 0 bridgehead atoms. The Morgan fingerprint density at radius 2 is 1.76 bits per heavy atom. The second-order valence-electron chi connectivity index (χ2n) is 7.31. The van der Waals surface area contributed by atoms with E-state index in [1.807, 2.05) is 57.2 Å². The third-order valence-corrected chi connectivity index (χ3v) is 5.41. The lowest BCUT2D eigenvalue weighted by molar-refractivity contribution is -0.151. The second kappa shape index (κ2) is 8.78. The van der Waals surface area contributed by atoms with E-state index in [2.05, 4.69) is 21.2 Å². The highest BCUT2D eigenvalue weighted by atomic mass is 79.9. The van der Waals surface area contributed by atoms with Gasteiger partial charge in [0, 0.05) is 28.8 Å². The third kappa shape index (κ3) is 5.03. The molecule has 152 valence electrons. The van der Waals surface area contributed by atoms with Crippen LogP contribution in [0.5, 0.6) is 0 Å². The Balaban J connectivity index is 1.55. The number of anilines is 2. The van der Waals surface area contributed by atoms with Crippen LogP contribution in [0.2, 0.25) is 0 Å². The van der Waals surface area contributed by atoms with Crippen LogP contribution in [0.15, 0.2) is 40.9 Å². The molecule has 7 heteroatoms. The molecular weight excluding hydrogens is 436 g/mol. The number of ether oxygens (including phenoxy) is 1. The normalized spacial score (nSPS) is 16.1. The van der Waals surface area contributed by atoms with Crippen LogP contribution in [0.1, 0.15) is 23.1 Å². The number of esters is 1. The van der Waals surface area contributed by atoms with Gasteiger partial charge in [0.2, 0.25) is 5.91 Å². The minimum Gasteiger partial charge on any atom is -0.455 e. The van der Waals surface area contributed by atoms with Gasteiger partial charge in [0.25, 0.3) is 5.91 Å². The Morgan fingerprint density at radius 3 is 2.38 bits per heavy atom. The molecule has 2 aromatic carbocycles. The van der Waals surface area contributed by atoms with E-state index in [4.69, 9.17) is 4.74 Å². The molecule has 0 saturated carbocycles. The largest absolute Gasteiger partial charge is 0.455 e. The number of hydrogen-bond acceptors (Lipinski definition) is 4. The van der Waals surface area contributed by atoms with Crippen molar-refractivity contribution >= 4 is 45.1 Å². The summed E-state index contributed by atoms with van der Waals surface area (Å²) in [6, 6.07) is 11.3. The summed E-state index contributed by atoms with van der Waals surface area (Å²) in [7, 11) is 0. The van der Waals surface area contributed by atoms with Crippen LogP contribution in [-0.4, -0.2) is 30.9 Å². The summed E-state index contributed by atoms with van der Waals surface area (Å²) in [6.45, 7) is 5.70. The Kier molecular flexibility index (Phi) is 6.37. The Hall–Kier alpha value is -2.67. The third-order valence-electron chi connectivity index (χ3n) is 4.88. The van der Waals surface area contributed by atoms with E-state index in [-0.39, 0.29) is 25.5 Å². The average molecular weight is 459 g/mol. The maximum absolute atomic E-state index is 12.4. The van der Waals surface area contributed by atoms with Crippen LogP contribution < -0.4 is 10.2 Å². The smallest absolute Gasteiger partial charge is 0.311 e. The number of carbonyl (C=O) groups excluding carboxylic acids is 3. The predicted molar refractivity (Wildman–Crippen MR) is 115 cm³/mol. The number of halogens is 1. The molecule has 6 nitrogen and oxygen atoms in total. The van der Waals surface area contributed by atoms with Gasteiger partial charge < -0.3 is 15.0 Å². The number of aryl methyl sites for hydroxylation is 3. The summed E-state index contributed by atoms with van der Waals surface area (Å²) >= 11 is 3.36. The zero-order valence-corrected chi connectivity index (χ0v) is 18.2. The fourth-order valence-electron chi connectivity index (χ4n) is 3.54. The summed E-state index contributed by atoms with van der Waals surface area (Å²) in [5.41, 5.74) is 4.48. The van der Waals surface area contributed by atoms with Gasteiger partial charge in [-0.2, -0.15) is 0 Å². The molecule has 0 aliphatic carbocycles. The van der Waals surface area contributed by atoms with E-state index in [0.717, 1.165) is 32.5 Å². The lowest BCUT2D eigenvalue weighted by Gasteiger charge is -2.16. The first-order valence-electron chi connectivity index (χ1n) is 9.35. The van der Waals surface area contributed by atoms with Crippen molar-refractivity contribution in [3.63, 3.8) is 0 Å². The summed E-state index contributed by atoms with van der Waals surface area (Å²) < 4.78 is 6.09. The van der Waals surface area contributed by atoms with Crippen LogP contribution >= 0.6 is 15.9 Å². The Labute approximate surface area is 178 Å². The first kappa shape index (κ1) is 21.0. The molecule has 3 rings (SSSR count). The van der Waals surface area contributed by atoms with Gasteiger partial charge in [-0.25, -0.2) is 0 Å². The molecule has 2 aromatic rings. The molecule has 0 spiro atoms. The zero-order valence-electron chi connectivity index (χ0n) is 16.6. The van der Waals surface area contributed by atoms with Crippen molar-refractivity contribution in [1.29, 1.82) is 0 Å². The molecule has 0 radical (unpaired) electrons. The molecule has 29 heavy (non-hydrogen) atoms. The predicted octanol–water partition coefficient (Wildman–Crippen LogP) is 3.91. The average Bonchev–Trinajstić information content (AvgIpc) is 3.05. The van der Waals surface area contributed by atoms with Crippen molar-refractivity contribution in [2.75, 3.05) is 23.4 Å². The number of rotatable bonds is 5. The van der Waals surface area contributed by atoms with Crippen LogP contribution in [0.25, 0.3) is 0 Å². The minimum atomic E-state index is -0.582. The molecule has 1 aliphatic rings. The van der Waals surface area contributed by atoms with E-state index in [1.54, 1.807) is 4.90 Å². The molecule has 1 aliphatic heterocycles. The molecule has 1 atom stereocenters. The molecular formula is C22H23BrN2O4. The first-order chi connectivity index (χ1) is 13.7. The molecule has 1 N–H and O–H groups in total. The highest BCUT2D eigenvalue weighted by Gasteiger charge is 2.36. The molecule has 2 amide bonds. The molecule has 1 saturated heterocycles. The van der Waals surface area contributed by atoms with Crippen molar-refractivity contribution in [1.82, 2.24) is 0 Å². The summed E-state index contributed by atoms with van der Waals surface area (Å²) in [5, 5.41) is 2.80. The van der Waals surface area contributed by atoms with Crippen LogP contribution in [0, 0.1) is 26.7 Å². The van der Waals surface area contributed by atoms with Gasteiger partial charge in [-0.1, -0.05) is 33.6 Å². The number of carbonyl (C=O) groups is 3. The van der Waals surface area contributed by atoms with Crippen LogP contribution in [0.4, 0.5) is 11.4 Å². The highest BCUT2D eigenvalue weighted by Crippen LogP contribution is 2.27. The fraction of sp³-hybridized carbons (Fsp3) is 0.318. The van der Waals surface area contributed by atoms with E-state index in [0.29, 0.717) is 0 Å². The van der Waals surface area contributed by atoms with Crippen LogP contribution in [0.3, 0.4) is 0 Å². The minimum absolute atomic E-state index is 0.0761. The quantitative estimate of drug-likeness (QED) is 0.689. The number of nitrogens with one attached hydrogen (secondary N) is 1. The summed E-state index contributed by atoms with van der Waals surface area (Å²) in [4.78, 5) is 38.5. The van der Waals surface area contributed by atoms with Gasteiger partial charge in [0.1, 0.15) is 0 Å². The van der Waals surface area contributed by atoms with Crippen molar-refractivity contribution in [2.24, 2.45) is 5.92 Å². The van der Waals surface area contributed by atoms with Gasteiger partial charge in [-0.3, -0.25) is 14.4 Å². The van der Waals surface area contributed by atoms with Gasteiger partial charge >= 0.3 is 5.97 Å². The van der Waals surface area contributed by atoms with Gasteiger partial charge in [0.15, 0.2) is 6.61 Å². The molecule has 1 heterocycles. The fourth-order valence-corrected chi connectivity index (χ4v) is 3.81. The Bertz CT molecular complexity index is 933. The summed E-state index contributed by atoms with van der Waals surface area (Å²) in [5.74, 6) is -1.65. The van der Waals surface area contributed by atoms with Crippen molar-refractivity contribution in [3.05, 3.63) is 57.6 Å². The van der Waals surface area contributed by atoms with Crippen molar-refractivity contribution in [2.45, 2.75) is 27.2 Å². The van der Waals surface area contributed by atoms with E-state index >= 15 is 0 Å². The van der Waals surface area contributed by atoms with E-state index in [9.17, 15) is 14.4 Å². The Morgan fingerprint density at radius 1 is 1.14 bits per heavy atom. The van der Waals surface area contributed by atoms with Gasteiger partial charge in [-0.05, 0) is 56.2 Å². The first-order valence-corrected chi connectivity index (χ1v) is 10.1. The SMILES string of the molecule is Cc1cc(C)c(NC(=O)COC(=O)[C@H]2CC(=O)N(c3ccc(Br)cc3)C2)c(C)c1. The van der Waals surface area contributed by atoms with E-state index < -0.39 is 17.8 Å². The number of amides is 2. The molecule has 0 aromatic heterocycles. The maximum Gasteiger partial charge on any atom is 0.311 e. The van der Waals surface area contributed by atoms with Crippen molar-refractivity contribution in [3.8, 4) is 0 Å². The van der Waals surface area contributed by atoms with Crippen molar-refractivity contribution < 1.29 is 19.1 Å². The molecule has 1 fully saturated rings. The summed E-state index contributed by atoms with van der Waals surface area (Å²) in [6.07, 6.45) is 0.0761. The lowest BCUT2D eigenvalue weighted by atomic mass is 10.1. The van der Waals surface area contributed by atoms with Crippen LogP contribution in [-0.2, 0) is 19.1 Å². The monoisotopic (exact) mass is 458 g/mol. The number of benzene rings is 2. The number of hydrogen-bond donors (Lipinski definition) is 1. The maximum atomic E-state index is 12.4. The zero-order chi connectivity index (χ0) is 21.1. The van der Waals surface area contributed by atoms with E-state index in [1.165, 1.54) is 0 Å². The molecule has 0 unspecified atom stereocenters. The lowest BCUT2D eigenvalue weighted by Crippen LogP contribution is -2.28. The topological polar surface area (TPSA) is 75.7 Å². The van der Waals surface area contributed by atoms with Gasteiger partial charge in [-0.15, -0.1) is 0 Å². The van der Waals surface area contributed by atoms with Gasteiger partial charge in [0.05, 0.1) is 5.92 Å².